The van der Waals surface area contributed by atoms with E-state index < -0.39 is 0 Å². The predicted octanol–water partition coefficient (Wildman–Crippen LogP) is 2.95. The van der Waals surface area contributed by atoms with Gasteiger partial charge in [0, 0.05) is 25.3 Å². The van der Waals surface area contributed by atoms with Gasteiger partial charge in [0.2, 0.25) is 5.95 Å². The highest BCUT2D eigenvalue weighted by molar-refractivity contribution is 5.85. The largest absolute Gasteiger partial charge is 0.342 e. The summed E-state index contributed by atoms with van der Waals surface area (Å²) >= 11 is 0. The van der Waals surface area contributed by atoms with Gasteiger partial charge in [-0.2, -0.15) is 5.26 Å². The van der Waals surface area contributed by atoms with E-state index in [1.54, 1.807) is 6.20 Å². The van der Waals surface area contributed by atoms with Crippen molar-refractivity contribution in [2.75, 3.05) is 18.0 Å². The molecule has 1 aliphatic heterocycles. The number of imidazole rings is 1. The molecular weight excluding hydrogens is 372 g/mol. The van der Waals surface area contributed by atoms with Crippen molar-refractivity contribution >= 4 is 29.4 Å². The molecule has 1 aromatic carbocycles. The number of benzene rings is 1. The molecule has 1 saturated carbocycles. The number of aromatic nitrogens is 3. The van der Waals surface area contributed by atoms with Crippen molar-refractivity contribution < 1.29 is 0 Å². The van der Waals surface area contributed by atoms with Crippen molar-refractivity contribution in [2.45, 2.75) is 25.4 Å². The molecule has 3 heterocycles. The Kier molecular flexibility index (Phi) is 4.96. The maximum absolute atomic E-state index is 8.99. The first-order chi connectivity index (χ1) is 13.2. The van der Waals surface area contributed by atoms with Crippen LogP contribution in [0.3, 0.4) is 0 Å². The van der Waals surface area contributed by atoms with Gasteiger partial charge in [0.25, 0.3) is 0 Å². The molecule has 6 nitrogen and oxygen atoms in total. The third-order valence-corrected chi connectivity index (χ3v) is 6.10. The smallest absolute Gasteiger partial charge is 0.206 e. The van der Waals surface area contributed by atoms with Gasteiger partial charge in [0.05, 0.1) is 28.8 Å². The average molecular weight is 395 g/mol. The Morgan fingerprint density at radius 2 is 2.00 bits per heavy atom. The van der Waals surface area contributed by atoms with Crippen LogP contribution in [0.2, 0.25) is 0 Å². The van der Waals surface area contributed by atoms with Crippen molar-refractivity contribution in [3.05, 3.63) is 53.9 Å². The summed E-state index contributed by atoms with van der Waals surface area (Å²) in [6, 6.07) is 14.4. The number of halogens is 1. The molecule has 1 saturated heterocycles. The van der Waals surface area contributed by atoms with Crippen LogP contribution in [0.5, 0.6) is 0 Å². The molecule has 3 atom stereocenters. The summed E-state index contributed by atoms with van der Waals surface area (Å²) in [4.78, 5) is 11.8. The van der Waals surface area contributed by atoms with Gasteiger partial charge in [-0.05, 0) is 48.9 Å². The standard InChI is InChI=1S/C21H22N6.ClH/c22-9-14-5-7-16(24-10-14)12-27-20-4-2-1-3-19(20)25-21(27)26-11-15-6-8-18(23)17(15)13-26;/h1-5,7,10,15,17-18H,6,8,11-13,23H2;1H/t15-,17+,18+;/m1./s1. The van der Waals surface area contributed by atoms with Gasteiger partial charge in [-0.1, -0.05) is 12.1 Å². The van der Waals surface area contributed by atoms with Crippen LogP contribution >= 0.6 is 12.4 Å². The zero-order valence-electron chi connectivity index (χ0n) is 15.5. The lowest BCUT2D eigenvalue weighted by Crippen LogP contribution is -2.31. The average Bonchev–Trinajstić information content (AvgIpc) is 3.37. The normalized spacial score (nSPS) is 23.4. The maximum Gasteiger partial charge on any atom is 0.206 e. The number of hydrogen-bond acceptors (Lipinski definition) is 5. The summed E-state index contributed by atoms with van der Waals surface area (Å²) in [5, 5.41) is 8.99. The number of fused-ring (bicyclic) bond motifs is 2. The fourth-order valence-electron chi connectivity index (χ4n) is 4.68. The van der Waals surface area contributed by atoms with Crippen LogP contribution in [0.15, 0.2) is 42.6 Å². The molecule has 5 rings (SSSR count). The highest BCUT2D eigenvalue weighted by Crippen LogP contribution is 2.39. The number of pyridine rings is 1. The number of nitrogens with two attached hydrogens (primary N) is 1. The minimum Gasteiger partial charge on any atom is -0.342 e. The fraction of sp³-hybridized carbons (Fsp3) is 0.381. The van der Waals surface area contributed by atoms with Crippen LogP contribution in [0.1, 0.15) is 24.1 Å². The van der Waals surface area contributed by atoms with Crippen LogP contribution in [-0.2, 0) is 6.54 Å². The second kappa shape index (κ2) is 7.42. The molecule has 144 valence electrons. The van der Waals surface area contributed by atoms with E-state index in [0.29, 0.717) is 30.0 Å². The topological polar surface area (TPSA) is 83.8 Å². The first kappa shape index (κ1) is 18.7. The number of para-hydroxylation sites is 2. The zero-order chi connectivity index (χ0) is 18.4. The van der Waals surface area contributed by atoms with E-state index in [0.717, 1.165) is 42.2 Å². The van der Waals surface area contributed by atoms with E-state index in [1.165, 1.54) is 6.42 Å². The van der Waals surface area contributed by atoms with Gasteiger partial charge < -0.3 is 15.2 Å². The number of nitriles is 1. The van der Waals surface area contributed by atoms with Gasteiger partial charge in [0.15, 0.2) is 0 Å². The summed E-state index contributed by atoms with van der Waals surface area (Å²) in [7, 11) is 0. The highest BCUT2D eigenvalue weighted by atomic mass is 35.5. The molecule has 1 aliphatic carbocycles. The zero-order valence-corrected chi connectivity index (χ0v) is 16.3. The quantitative estimate of drug-likeness (QED) is 0.738. The van der Waals surface area contributed by atoms with E-state index in [4.69, 9.17) is 16.0 Å². The monoisotopic (exact) mass is 394 g/mol. The third kappa shape index (κ3) is 3.11. The summed E-state index contributed by atoms with van der Waals surface area (Å²) in [6.45, 7) is 2.65. The van der Waals surface area contributed by atoms with Crippen molar-refractivity contribution in [3.63, 3.8) is 0 Å². The number of hydrogen-bond donors (Lipinski definition) is 1. The SMILES string of the molecule is Cl.N#Cc1ccc(Cn2c(N3C[C@H]4CC[C@H](N)[C@H]4C3)nc3ccccc32)nc1. The molecule has 0 unspecified atom stereocenters. The van der Waals surface area contributed by atoms with Gasteiger partial charge in [-0.25, -0.2) is 4.98 Å². The molecular formula is C21H23ClN6. The van der Waals surface area contributed by atoms with E-state index in [1.807, 2.05) is 24.3 Å². The fourth-order valence-corrected chi connectivity index (χ4v) is 4.68. The number of anilines is 1. The van der Waals surface area contributed by atoms with Gasteiger partial charge in [-0.15, -0.1) is 12.4 Å². The number of rotatable bonds is 3. The summed E-state index contributed by atoms with van der Waals surface area (Å²) in [6.07, 6.45) is 4.00. The maximum atomic E-state index is 8.99. The Balaban J connectivity index is 0.00000192. The molecule has 7 heteroatoms. The third-order valence-electron chi connectivity index (χ3n) is 6.10. The van der Waals surface area contributed by atoms with Gasteiger partial charge >= 0.3 is 0 Å². The van der Waals surface area contributed by atoms with Crippen LogP contribution < -0.4 is 10.6 Å². The molecule has 0 amide bonds. The second-order valence-corrected chi connectivity index (χ2v) is 7.71. The summed E-state index contributed by atoms with van der Waals surface area (Å²) < 4.78 is 2.25. The Morgan fingerprint density at radius 3 is 2.75 bits per heavy atom. The molecule has 0 bridgehead atoms. The van der Waals surface area contributed by atoms with E-state index in [9.17, 15) is 0 Å². The molecule has 2 fully saturated rings. The van der Waals surface area contributed by atoms with Crippen LogP contribution in [0.25, 0.3) is 11.0 Å². The minimum atomic E-state index is 0. The lowest BCUT2D eigenvalue weighted by atomic mass is 9.98. The summed E-state index contributed by atoms with van der Waals surface area (Å²) in [5.74, 6) is 2.26. The van der Waals surface area contributed by atoms with E-state index >= 15 is 0 Å². The lowest BCUT2D eigenvalue weighted by Gasteiger charge is -2.21. The van der Waals surface area contributed by atoms with Gasteiger partial charge in [0.1, 0.15) is 6.07 Å². The Morgan fingerprint density at radius 1 is 1.14 bits per heavy atom. The predicted molar refractivity (Wildman–Crippen MR) is 111 cm³/mol. The molecule has 2 aliphatic rings. The lowest BCUT2D eigenvalue weighted by molar-refractivity contribution is 0.453. The molecule has 0 spiro atoms. The molecule has 2 aromatic heterocycles. The highest BCUT2D eigenvalue weighted by Gasteiger charge is 2.42. The first-order valence-electron chi connectivity index (χ1n) is 9.54. The summed E-state index contributed by atoms with van der Waals surface area (Å²) in [5.41, 5.74) is 9.95. The first-order valence-corrected chi connectivity index (χ1v) is 9.54. The van der Waals surface area contributed by atoms with Crippen molar-refractivity contribution in [3.8, 4) is 6.07 Å². The van der Waals surface area contributed by atoms with Crippen LogP contribution in [0, 0.1) is 23.2 Å². The van der Waals surface area contributed by atoms with Gasteiger partial charge in [-0.3, -0.25) is 4.98 Å². The second-order valence-electron chi connectivity index (χ2n) is 7.71. The molecule has 28 heavy (non-hydrogen) atoms. The minimum absolute atomic E-state index is 0. The molecule has 2 N–H and O–H groups in total. The van der Waals surface area contributed by atoms with E-state index in [-0.39, 0.29) is 12.4 Å². The van der Waals surface area contributed by atoms with E-state index in [2.05, 4.69) is 32.7 Å². The van der Waals surface area contributed by atoms with Crippen molar-refractivity contribution in [1.29, 1.82) is 5.26 Å². The van der Waals surface area contributed by atoms with Crippen molar-refractivity contribution in [1.82, 2.24) is 14.5 Å². The van der Waals surface area contributed by atoms with Crippen molar-refractivity contribution in [2.24, 2.45) is 17.6 Å². The van der Waals surface area contributed by atoms with Crippen LogP contribution in [0.4, 0.5) is 5.95 Å². The Bertz CT molecular complexity index is 1020. The van der Waals surface area contributed by atoms with Crippen LogP contribution in [-0.4, -0.2) is 33.7 Å². The Hall–Kier alpha value is -2.62. The molecule has 3 aromatic rings. The molecule has 0 radical (unpaired) electrons. The Labute approximate surface area is 170 Å². The number of nitrogens with zero attached hydrogens (tertiary/aromatic N) is 5.